The molecule has 0 atom stereocenters. The number of aromatic nitrogens is 7. The molecule has 16 aromatic rings. The summed E-state index contributed by atoms with van der Waals surface area (Å²) in [7, 11) is 0. The molecule has 0 aliphatic heterocycles. The van der Waals surface area contributed by atoms with E-state index in [0.29, 0.717) is 0 Å². The van der Waals surface area contributed by atoms with Crippen molar-refractivity contribution >= 4 is 93.5 Å². The van der Waals surface area contributed by atoms with Crippen molar-refractivity contribution in [3.05, 3.63) is 249 Å². The van der Waals surface area contributed by atoms with Gasteiger partial charge >= 0.3 is 0 Å². The Morgan fingerprint density at radius 3 is 1.17 bits per heavy atom. The van der Waals surface area contributed by atoms with E-state index in [1.807, 2.05) is 0 Å². The summed E-state index contributed by atoms with van der Waals surface area (Å²) in [6.07, 6.45) is 0. The number of nitrogens with zero attached hydrogens (tertiary/aromatic N) is 7. The summed E-state index contributed by atoms with van der Waals surface area (Å²) in [5.74, 6) is 0.887. The van der Waals surface area contributed by atoms with E-state index in [1.54, 1.807) is 0 Å². The molecule has 6 aromatic heterocycles. The molecule has 0 amide bonds. The Kier molecular flexibility index (Phi) is 8.04. The molecule has 10 aromatic carbocycles. The number of para-hydroxylation sites is 9. The molecule has 0 aliphatic carbocycles. The molecule has 7 nitrogen and oxygen atoms in total. The lowest BCUT2D eigenvalue weighted by Crippen LogP contribution is -2.03. The number of fused-ring (bicyclic) bond motifs is 15. The Morgan fingerprint density at radius 1 is 0.250 bits per heavy atom. The largest absolute Gasteiger partial charge is 0.295 e. The minimum Gasteiger partial charge on any atom is -0.295 e. The maximum absolute atomic E-state index is 5.24. The van der Waals surface area contributed by atoms with Gasteiger partial charge in [0.1, 0.15) is 11.3 Å². The summed E-state index contributed by atoms with van der Waals surface area (Å²) in [5.41, 5.74) is 19.0. The summed E-state index contributed by atoms with van der Waals surface area (Å²) < 4.78 is 14.4. The third kappa shape index (κ3) is 5.36. The number of rotatable bonds is 6. The van der Waals surface area contributed by atoms with Gasteiger partial charge in [0.15, 0.2) is 0 Å². The first-order valence-corrected chi connectivity index (χ1v) is 24.6. The molecule has 336 valence electrons. The fourth-order valence-electron chi connectivity index (χ4n) is 12.0. The molecule has 0 saturated heterocycles. The summed E-state index contributed by atoms with van der Waals surface area (Å²) >= 11 is 0. The van der Waals surface area contributed by atoms with Gasteiger partial charge in [-0.05, 0) is 126 Å². The highest BCUT2D eigenvalue weighted by Gasteiger charge is 2.26. The average molecular weight is 920 g/mol. The van der Waals surface area contributed by atoms with Gasteiger partial charge in [0.05, 0.1) is 49.8 Å². The molecular formula is C65H41N7. The van der Waals surface area contributed by atoms with Crippen molar-refractivity contribution in [1.29, 1.82) is 0 Å². The molecule has 0 unspecified atom stereocenters. The minimum absolute atomic E-state index is 0.887. The van der Waals surface area contributed by atoms with Crippen LogP contribution in [-0.2, 0) is 0 Å². The lowest BCUT2D eigenvalue weighted by atomic mass is 10.00. The van der Waals surface area contributed by atoms with Crippen molar-refractivity contribution < 1.29 is 0 Å². The zero-order valence-corrected chi connectivity index (χ0v) is 38.8. The fraction of sp³-hybridized carbons (Fsp3) is 0. The molecule has 7 heteroatoms. The summed E-state index contributed by atoms with van der Waals surface area (Å²) in [5, 5.41) is 7.31. The van der Waals surface area contributed by atoms with Crippen LogP contribution >= 0.6 is 0 Å². The average Bonchev–Trinajstić information content (AvgIpc) is 4.28. The zero-order chi connectivity index (χ0) is 47.0. The highest BCUT2D eigenvalue weighted by molar-refractivity contribution is 6.25. The monoisotopic (exact) mass is 919 g/mol. The Labute approximate surface area is 412 Å². The number of benzene rings is 10. The van der Waals surface area contributed by atoms with Crippen molar-refractivity contribution in [3.8, 4) is 39.6 Å². The maximum atomic E-state index is 5.24. The van der Waals surface area contributed by atoms with Crippen LogP contribution < -0.4 is 0 Å². The van der Waals surface area contributed by atoms with E-state index in [2.05, 4.69) is 276 Å². The van der Waals surface area contributed by atoms with E-state index in [-0.39, 0.29) is 0 Å². The van der Waals surface area contributed by atoms with Crippen LogP contribution in [0.2, 0.25) is 0 Å². The van der Waals surface area contributed by atoms with E-state index in [9.17, 15) is 0 Å². The summed E-state index contributed by atoms with van der Waals surface area (Å²) in [4.78, 5) is 5.24. The van der Waals surface area contributed by atoms with Gasteiger partial charge in [-0.1, -0.05) is 133 Å². The zero-order valence-electron chi connectivity index (χ0n) is 38.8. The first-order chi connectivity index (χ1) is 35.8. The van der Waals surface area contributed by atoms with Gasteiger partial charge in [-0.15, -0.1) is 0 Å². The Balaban J connectivity index is 0.966. The molecule has 72 heavy (non-hydrogen) atoms. The van der Waals surface area contributed by atoms with E-state index in [0.717, 1.165) is 84.2 Å². The van der Waals surface area contributed by atoms with Gasteiger partial charge in [-0.3, -0.25) is 27.2 Å². The second-order valence-corrected chi connectivity index (χ2v) is 18.8. The summed E-state index contributed by atoms with van der Waals surface area (Å²) in [6.45, 7) is 0. The minimum atomic E-state index is 0.887. The second-order valence-electron chi connectivity index (χ2n) is 18.8. The fourth-order valence-corrected chi connectivity index (χ4v) is 12.0. The van der Waals surface area contributed by atoms with Gasteiger partial charge in [0.2, 0.25) is 5.78 Å². The van der Waals surface area contributed by atoms with Crippen molar-refractivity contribution in [2.24, 2.45) is 0 Å². The normalized spacial score (nSPS) is 12.2. The lowest BCUT2D eigenvalue weighted by Gasteiger charge is -2.15. The maximum Gasteiger partial charge on any atom is 0.220 e. The first-order valence-electron chi connectivity index (χ1n) is 24.6. The van der Waals surface area contributed by atoms with Gasteiger partial charge in [-0.25, -0.2) is 4.98 Å². The van der Waals surface area contributed by atoms with Crippen molar-refractivity contribution in [1.82, 2.24) is 32.2 Å². The highest BCUT2D eigenvalue weighted by Crippen LogP contribution is 2.45. The third-order valence-electron chi connectivity index (χ3n) is 15.0. The molecule has 0 aliphatic rings. The second kappa shape index (κ2) is 14.8. The van der Waals surface area contributed by atoms with Crippen LogP contribution in [0.25, 0.3) is 133 Å². The standard InChI is InChI=1S/C65H41N7/c1-4-19-44(20-5-1)67-54-30-13-10-27-49(54)61-51-39-42(35-37-56(51)69(63(61)67)46-23-8-3-9-24-46)43-36-38-57-52(40-43)62-50-28-11-14-31-55(50)68(45-21-6-2-7-22-45)64(62)70(57)47-25-18-26-48(41-47)71-59-33-16-17-34-60(59)72-58-32-15-12-29-53(58)66-65(71)72/h1-41H. The van der Waals surface area contributed by atoms with Crippen molar-refractivity contribution in [3.63, 3.8) is 0 Å². The number of imidazole rings is 2. The van der Waals surface area contributed by atoms with Crippen LogP contribution in [0.3, 0.4) is 0 Å². The Hall–Kier alpha value is -9.85. The van der Waals surface area contributed by atoms with Crippen LogP contribution in [0, 0.1) is 0 Å². The van der Waals surface area contributed by atoms with E-state index in [4.69, 9.17) is 4.98 Å². The Morgan fingerprint density at radius 2 is 0.639 bits per heavy atom. The van der Waals surface area contributed by atoms with E-state index in [1.165, 1.54) is 48.9 Å². The summed E-state index contributed by atoms with van der Waals surface area (Å²) in [6, 6.07) is 90.2. The van der Waals surface area contributed by atoms with Crippen LogP contribution in [0.5, 0.6) is 0 Å². The molecule has 16 rings (SSSR count). The highest BCUT2D eigenvalue weighted by atomic mass is 15.2. The molecule has 0 spiro atoms. The number of hydrogen-bond acceptors (Lipinski definition) is 1. The van der Waals surface area contributed by atoms with Gasteiger partial charge in [0, 0.05) is 55.1 Å². The van der Waals surface area contributed by atoms with Gasteiger partial charge in [0.25, 0.3) is 0 Å². The predicted molar refractivity (Wildman–Crippen MR) is 297 cm³/mol. The molecule has 6 heterocycles. The van der Waals surface area contributed by atoms with E-state index >= 15 is 0 Å². The molecular weight excluding hydrogens is 879 g/mol. The van der Waals surface area contributed by atoms with Gasteiger partial charge < -0.3 is 0 Å². The number of hydrogen-bond donors (Lipinski definition) is 0. The molecule has 0 radical (unpaired) electrons. The van der Waals surface area contributed by atoms with Crippen LogP contribution in [-0.4, -0.2) is 32.2 Å². The lowest BCUT2D eigenvalue weighted by molar-refractivity contribution is 1.05. The quantitative estimate of drug-likeness (QED) is 0.164. The predicted octanol–water partition coefficient (Wildman–Crippen LogP) is 16.2. The first kappa shape index (κ1) is 39.0. The van der Waals surface area contributed by atoms with Crippen molar-refractivity contribution in [2.45, 2.75) is 0 Å². The topological polar surface area (TPSA) is 41.9 Å². The van der Waals surface area contributed by atoms with Crippen LogP contribution in [0.15, 0.2) is 249 Å². The molecule has 0 N–H and O–H groups in total. The van der Waals surface area contributed by atoms with Gasteiger partial charge in [-0.2, -0.15) is 0 Å². The SMILES string of the molecule is c1ccc(-n2c3ccccc3c3c4cc(-c5ccc6c(c5)c5c7ccccc7n(-c7ccccc7)c5n6-c5cccc(-n6c7ccccc7n7c8ccccc8nc67)c5)ccc4n(-c4ccccc4)c32)cc1. The van der Waals surface area contributed by atoms with E-state index < -0.39 is 0 Å². The third-order valence-corrected chi connectivity index (χ3v) is 15.0. The molecule has 0 fully saturated rings. The molecule has 0 saturated carbocycles. The molecule has 0 bridgehead atoms. The Bertz CT molecular complexity index is 4850. The smallest absolute Gasteiger partial charge is 0.220 e. The van der Waals surface area contributed by atoms with Crippen LogP contribution in [0.1, 0.15) is 0 Å². The van der Waals surface area contributed by atoms with Crippen LogP contribution in [0.4, 0.5) is 0 Å². The van der Waals surface area contributed by atoms with Crippen molar-refractivity contribution in [2.75, 3.05) is 0 Å².